The number of β-amino-alcohol motifs (C(OH)–C–C–N with tert-alkyl or cyclic N) is 1. The molecule has 27 heavy (non-hydrogen) atoms. The van der Waals surface area contributed by atoms with Crippen molar-refractivity contribution in [2.24, 2.45) is 0 Å². The summed E-state index contributed by atoms with van der Waals surface area (Å²) in [6, 6.07) is 8.74. The molecule has 0 bridgehead atoms. The van der Waals surface area contributed by atoms with Gasteiger partial charge in [0, 0.05) is 54.7 Å². The largest absolute Gasteiger partial charge is 0.392 e. The summed E-state index contributed by atoms with van der Waals surface area (Å²) in [5.41, 5.74) is 3.04. The third-order valence-corrected chi connectivity index (χ3v) is 5.63. The number of anilines is 2. The first-order valence-electron chi connectivity index (χ1n) is 9.45. The van der Waals surface area contributed by atoms with E-state index in [1.807, 2.05) is 18.3 Å². The van der Waals surface area contributed by atoms with Gasteiger partial charge in [0.05, 0.1) is 16.8 Å². The summed E-state index contributed by atoms with van der Waals surface area (Å²) in [6.07, 6.45) is 6.88. The molecule has 5 rings (SSSR count). The molecular weight excluding hydrogens is 362 g/mol. The van der Waals surface area contributed by atoms with Gasteiger partial charge in [-0.05, 0) is 43.5 Å². The van der Waals surface area contributed by atoms with Gasteiger partial charge in [-0.15, -0.1) is 0 Å². The van der Waals surface area contributed by atoms with Gasteiger partial charge in [-0.25, -0.2) is 9.97 Å². The summed E-state index contributed by atoms with van der Waals surface area (Å²) >= 11 is 6.45. The van der Waals surface area contributed by atoms with Gasteiger partial charge in [0.15, 0.2) is 0 Å². The Balaban J connectivity index is 1.35. The van der Waals surface area contributed by atoms with Crippen LogP contribution >= 0.6 is 11.6 Å². The molecule has 2 N–H and O–H groups in total. The molecule has 2 fully saturated rings. The van der Waals surface area contributed by atoms with Crippen molar-refractivity contribution in [2.75, 3.05) is 18.4 Å². The number of rotatable bonds is 5. The first-order valence-corrected chi connectivity index (χ1v) is 9.83. The molecule has 2 aromatic heterocycles. The molecule has 3 heterocycles. The van der Waals surface area contributed by atoms with E-state index in [1.165, 1.54) is 18.4 Å². The van der Waals surface area contributed by atoms with Crippen LogP contribution in [0.5, 0.6) is 0 Å². The molecule has 1 aliphatic carbocycles. The van der Waals surface area contributed by atoms with E-state index in [9.17, 15) is 5.11 Å². The number of benzene rings is 1. The van der Waals surface area contributed by atoms with Gasteiger partial charge in [0.2, 0.25) is 5.95 Å². The van der Waals surface area contributed by atoms with Crippen LogP contribution < -0.4 is 5.32 Å². The Hall–Kier alpha value is -2.15. The standard InChI is InChI=1S/C20H22ClN5O/c21-18-12-26(15-2-3-15)19-4-1-13(9-17(18)19)23-20-22-7-5-14(24-20)10-25-8-6-16(27)11-25/h1,4-5,7,9,12,15-16,27H,2-3,6,8,10-11H2,(H,22,23,24). The summed E-state index contributed by atoms with van der Waals surface area (Å²) in [4.78, 5) is 11.2. The molecule has 0 spiro atoms. The van der Waals surface area contributed by atoms with Crippen LogP contribution in [0.1, 0.15) is 31.0 Å². The summed E-state index contributed by atoms with van der Waals surface area (Å²) < 4.78 is 2.28. The van der Waals surface area contributed by atoms with Crippen molar-refractivity contribution in [1.82, 2.24) is 19.4 Å². The van der Waals surface area contributed by atoms with E-state index < -0.39 is 0 Å². The summed E-state index contributed by atoms with van der Waals surface area (Å²) in [6.45, 7) is 2.34. The maximum absolute atomic E-state index is 9.68. The fourth-order valence-electron chi connectivity index (χ4n) is 3.80. The molecule has 0 radical (unpaired) electrons. The third-order valence-electron chi connectivity index (χ3n) is 5.33. The fourth-order valence-corrected chi connectivity index (χ4v) is 4.06. The lowest BCUT2D eigenvalue weighted by molar-refractivity contribution is 0.174. The number of likely N-dealkylation sites (tertiary alicyclic amines) is 1. The van der Waals surface area contributed by atoms with Gasteiger partial charge in [-0.2, -0.15) is 0 Å². The molecule has 1 aromatic carbocycles. The van der Waals surface area contributed by atoms with Crippen molar-refractivity contribution in [1.29, 1.82) is 0 Å². The topological polar surface area (TPSA) is 66.2 Å². The lowest BCUT2D eigenvalue weighted by Crippen LogP contribution is -2.22. The van der Waals surface area contributed by atoms with Crippen LogP contribution in [-0.4, -0.2) is 43.7 Å². The molecule has 1 aliphatic heterocycles. The Bertz CT molecular complexity index is 984. The first kappa shape index (κ1) is 17.0. The minimum atomic E-state index is -0.219. The van der Waals surface area contributed by atoms with Crippen molar-refractivity contribution in [3.8, 4) is 0 Å². The normalized spacial score (nSPS) is 20.4. The zero-order valence-corrected chi connectivity index (χ0v) is 15.7. The molecule has 1 saturated carbocycles. The minimum absolute atomic E-state index is 0.219. The predicted molar refractivity (Wildman–Crippen MR) is 106 cm³/mol. The van der Waals surface area contributed by atoms with Crippen molar-refractivity contribution in [3.63, 3.8) is 0 Å². The van der Waals surface area contributed by atoms with Gasteiger partial charge in [-0.3, -0.25) is 4.90 Å². The highest BCUT2D eigenvalue weighted by molar-refractivity contribution is 6.35. The average Bonchev–Trinajstić information content (AvgIpc) is 3.35. The SMILES string of the molecule is OC1CCN(Cc2ccnc(Nc3ccc4c(c3)c(Cl)cn4C3CC3)n2)C1. The van der Waals surface area contributed by atoms with Crippen molar-refractivity contribution < 1.29 is 5.11 Å². The second-order valence-corrected chi connectivity index (χ2v) is 7.93. The number of aliphatic hydroxyl groups is 1. The Morgan fingerprint density at radius 3 is 2.89 bits per heavy atom. The Kier molecular flexibility index (Phi) is 4.27. The number of fused-ring (bicyclic) bond motifs is 1. The van der Waals surface area contributed by atoms with Crippen molar-refractivity contribution in [3.05, 3.63) is 47.4 Å². The highest BCUT2D eigenvalue weighted by Crippen LogP contribution is 2.40. The number of hydrogen-bond acceptors (Lipinski definition) is 5. The van der Waals surface area contributed by atoms with Crippen LogP contribution in [0.3, 0.4) is 0 Å². The first-order chi connectivity index (χ1) is 13.2. The zero-order chi connectivity index (χ0) is 18.4. The number of hydrogen-bond donors (Lipinski definition) is 2. The summed E-state index contributed by atoms with van der Waals surface area (Å²) in [7, 11) is 0. The Labute approximate surface area is 162 Å². The Morgan fingerprint density at radius 2 is 2.11 bits per heavy atom. The predicted octanol–water partition coefficient (Wildman–Crippen LogP) is 3.73. The van der Waals surface area contributed by atoms with Crippen LogP contribution in [0.25, 0.3) is 10.9 Å². The number of nitrogens with one attached hydrogen (secondary N) is 1. The monoisotopic (exact) mass is 383 g/mol. The molecular formula is C20H22ClN5O. The van der Waals surface area contributed by atoms with Gasteiger partial charge >= 0.3 is 0 Å². The molecule has 3 aromatic rings. The minimum Gasteiger partial charge on any atom is -0.392 e. The van der Waals surface area contributed by atoms with Gasteiger partial charge < -0.3 is 15.0 Å². The van der Waals surface area contributed by atoms with E-state index in [2.05, 4.69) is 36.9 Å². The van der Waals surface area contributed by atoms with E-state index in [0.717, 1.165) is 41.3 Å². The highest BCUT2D eigenvalue weighted by atomic mass is 35.5. The number of halogens is 1. The average molecular weight is 384 g/mol. The van der Waals surface area contributed by atoms with Crippen molar-refractivity contribution >= 4 is 34.1 Å². The number of aromatic nitrogens is 3. The van der Waals surface area contributed by atoms with E-state index >= 15 is 0 Å². The molecule has 1 atom stereocenters. The molecule has 1 saturated heterocycles. The third kappa shape index (κ3) is 3.52. The summed E-state index contributed by atoms with van der Waals surface area (Å²) in [5, 5.41) is 14.8. The highest BCUT2D eigenvalue weighted by Gasteiger charge is 2.25. The van der Waals surface area contributed by atoms with E-state index in [0.29, 0.717) is 18.5 Å². The van der Waals surface area contributed by atoms with Crippen LogP contribution in [-0.2, 0) is 6.54 Å². The molecule has 0 amide bonds. The fraction of sp³-hybridized carbons (Fsp3) is 0.400. The smallest absolute Gasteiger partial charge is 0.227 e. The maximum Gasteiger partial charge on any atom is 0.227 e. The van der Waals surface area contributed by atoms with Crippen LogP contribution in [0.15, 0.2) is 36.7 Å². The van der Waals surface area contributed by atoms with Gasteiger partial charge in [-0.1, -0.05) is 11.6 Å². The van der Waals surface area contributed by atoms with Gasteiger partial charge in [0.1, 0.15) is 0 Å². The molecule has 7 heteroatoms. The van der Waals surface area contributed by atoms with Crippen LogP contribution in [0.2, 0.25) is 5.02 Å². The Morgan fingerprint density at radius 1 is 1.22 bits per heavy atom. The second-order valence-electron chi connectivity index (χ2n) is 7.52. The van der Waals surface area contributed by atoms with Crippen LogP contribution in [0, 0.1) is 0 Å². The zero-order valence-electron chi connectivity index (χ0n) is 15.0. The molecule has 6 nitrogen and oxygen atoms in total. The van der Waals surface area contributed by atoms with E-state index in [1.54, 1.807) is 6.20 Å². The van der Waals surface area contributed by atoms with Crippen LogP contribution in [0.4, 0.5) is 11.6 Å². The lowest BCUT2D eigenvalue weighted by Gasteiger charge is -2.14. The molecule has 2 aliphatic rings. The lowest BCUT2D eigenvalue weighted by atomic mass is 10.2. The second kappa shape index (κ2) is 6.78. The van der Waals surface area contributed by atoms with Gasteiger partial charge in [0.25, 0.3) is 0 Å². The van der Waals surface area contributed by atoms with E-state index in [4.69, 9.17) is 11.6 Å². The maximum atomic E-state index is 9.68. The quantitative estimate of drug-likeness (QED) is 0.702. The van der Waals surface area contributed by atoms with E-state index in [-0.39, 0.29) is 6.10 Å². The number of aliphatic hydroxyl groups excluding tert-OH is 1. The summed E-state index contributed by atoms with van der Waals surface area (Å²) in [5.74, 6) is 0.573. The number of nitrogens with zero attached hydrogens (tertiary/aromatic N) is 4. The molecule has 1 unspecified atom stereocenters. The van der Waals surface area contributed by atoms with Crippen molar-refractivity contribution in [2.45, 2.75) is 38.0 Å². The molecule has 140 valence electrons.